The summed E-state index contributed by atoms with van der Waals surface area (Å²) in [5, 5.41) is 9.11. The molecule has 0 radical (unpaired) electrons. The molecule has 0 fully saturated rings. The first-order valence-corrected chi connectivity index (χ1v) is 10.1. The average Bonchev–Trinajstić information content (AvgIpc) is 2.96. The van der Waals surface area contributed by atoms with Crippen LogP contribution in [0, 0.1) is 0 Å². The third-order valence-electron chi connectivity index (χ3n) is 4.65. The summed E-state index contributed by atoms with van der Waals surface area (Å²) in [4.78, 5) is 6.73. The van der Waals surface area contributed by atoms with Crippen molar-refractivity contribution in [3.05, 3.63) is 11.9 Å². The molecule has 0 bridgehead atoms. The summed E-state index contributed by atoms with van der Waals surface area (Å²) >= 11 is 0. The minimum atomic E-state index is 0.0426. The van der Waals surface area contributed by atoms with E-state index in [1.807, 2.05) is 0 Å². The second-order valence-electron chi connectivity index (χ2n) is 6.92. The molecule has 2 N–H and O–H groups in total. The van der Waals surface area contributed by atoms with Gasteiger partial charge in [-0.05, 0) is 12.8 Å². The summed E-state index contributed by atoms with van der Waals surface area (Å²) in [5.74, 6) is 0. The number of aromatic amines is 1. The summed E-state index contributed by atoms with van der Waals surface area (Å²) in [5.41, 5.74) is 0.984. The summed E-state index contributed by atoms with van der Waals surface area (Å²) < 4.78 is 0. The van der Waals surface area contributed by atoms with Gasteiger partial charge in [-0.25, -0.2) is 4.98 Å². The molecule has 0 amide bonds. The van der Waals surface area contributed by atoms with E-state index in [1.165, 1.54) is 96.3 Å². The Hall–Kier alpha value is -0.990. The molecule has 0 aliphatic rings. The Morgan fingerprint density at radius 3 is 1.57 bits per heavy atom. The highest BCUT2D eigenvalue weighted by Gasteiger charge is 1.99. The van der Waals surface area contributed by atoms with Crippen LogP contribution < -0.4 is 0 Å². The number of aromatic nitrogens is 2. The van der Waals surface area contributed by atoms with Crippen molar-refractivity contribution in [2.24, 2.45) is 0 Å². The van der Waals surface area contributed by atoms with E-state index in [-0.39, 0.29) is 6.01 Å². The first kappa shape index (κ1) is 20.1. The summed E-state index contributed by atoms with van der Waals surface area (Å²) in [7, 11) is 0. The molecular formula is C20H38N2O. The van der Waals surface area contributed by atoms with Crippen LogP contribution >= 0.6 is 0 Å². The van der Waals surface area contributed by atoms with Crippen LogP contribution in [-0.2, 0) is 6.42 Å². The predicted molar refractivity (Wildman–Crippen MR) is 98.9 cm³/mol. The molecule has 0 aliphatic carbocycles. The maximum Gasteiger partial charge on any atom is 0.291 e. The highest BCUT2D eigenvalue weighted by Crippen LogP contribution is 2.14. The van der Waals surface area contributed by atoms with Crippen molar-refractivity contribution in [1.29, 1.82) is 0 Å². The van der Waals surface area contributed by atoms with Crippen molar-refractivity contribution in [3.63, 3.8) is 0 Å². The Labute approximate surface area is 143 Å². The monoisotopic (exact) mass is 322 g/mol. The molecular weight excluding hydrogens is 284 g/mol. The molecule has 3 nitrogen and oxygen atoms in total. The van der Waals surface area contributed by atoms with Crippen molar-refractivity contribution < 1.29 is 5.11 Å². The van der Waals surface area contributed by atoms with Crippen LogP contribution in [-0.4, -0.2) is 15.1 Å². The average molecular weight is 323 g/mol. The lowest BCUT2D eigenvalue weighted by Crippen LogP contribution is -1.86. The van der Waals surface area contributed by atoms with Gasteiger partial charge in [0.05, 0.1) is 5.69 Å². The van der Waals surface area contributed by atoms with E-state index >= 15 is 0 Å². The molecule has 3 heteroatoms. The number of rotatable bonds is 16. The normalized spacial score (nSPS) is 11.2. The van der Waals surface area contributed by atoms with E-state index in [0.29, 0.717) is 0 Å². The Balaban J connectivity index is 1.71. The Morgan fingerprint density at radius 1 is 0.739 bits per heavy atom. The van der Waals surface area contributed by atoms with Gasteiger partial charge in [-0.15, -0.1) is 0 Å². The Morgan fingerprint density at radius 2 is 1.17 bits per heavy atom. The summed E-state index contributed by atoms with van der Waals surface area (Å²) in [6.45, 7) is 2.28. The summed E-state index contributed by atoms with van der Waals surface area (Å²) in [6, 6.07) is 0.0426. The van der Waals surface area contributed by atoms with Gasteiger partial charge in [-0.3, -0.25) is 0 Å². The molecule has 1 heterocycles. The highest BCUT2D eigenvalue weighted by atomic mass is 16.3. The van der Waals surface area contributed by atoms with Gasteiger partial charge in [-0.2, -0.15) is 0 Å². The van der Waals surface area contributed by atoms with E-state index < -0.39 is 0 Å². The van der Waals surface area contributed by atoms with Crippen molar-refractivity contribution in [3.8, 4) is 6.01 Å². The van der Waals surface area contributed by atoms with E-state index in [4.69, 9.17) is 5.11 Å². The second kappa shape index (κ2) is 14.6. The number of hydrogen-bond acceptors (Lipinski definition) is 2. The molecule has 0 aliphatic heterocycles. The number of aromatic hydroxyl groups is 1. The molecule has 0 saturated carbocycles. The van der Waals surface area contributed by atoms with E-state index in [0.717, 1.165) is 12.1 Å². The Bertz CT molecular complexity index is 362. The molecule has 0 spiro atoms. The minimum absolute atomic E-state index is 0.0426. The number of nitrogens with zero attached hydrogens (tertiary/aromatic N) is 1. The third kappa shape index (κ3) is 12.1. The standard InChI is InChI=1S/C20H38N2O/c1-2-3-4-5-6-7-8-9-10-11-12-13-14-15-16-17-19-18-21-20(23)22-19/h18H,2-17H2,1H3,(H2,21,22,23). The molecule has 0 unspecified atom stereocenters. The lowest BCUT2D eigenvalue weighted by molar-refractivity contribution is 0.435. The SMILES string of the molecule is CCCCCCCCCCCCCCCCCc1c[nH]c(O)n1. The predicted octanol–water partition coefficient (Wildman–Crippen LogP) is 6.53. The van der Waals surface area contributed by atoms with Gasteiger partial charge >= 0.3 is 0 Å². The van der Waals surface area contributed by atoms with Crippen LogP contribution in [0.5, 0.6) is 6.01 Å². The summed E-state index contributed by atoms with van der Waals surface area (Å²) in [6.07, 6.45) is 23.7. The first-order valence-electron chi connectivity index (χ1n) is 10.1. The molecule has 1 aromatic heterocycles. The second-order valence-corrected chi connectivity index (χ2v) is 6.92. The molecule has 0 saturated heterocycles. The van der Waals surface area contributed by atoms with E-state index in [1.54, 1.807) is 6.20 Å². The smallest absolute Gasteiger partial charge is 0.291 e. The van der Waals surface area contributed by atoms with Gasteiger partial charge in [0.25, 0.3) is 6.01 Å². The quantitative estimate of drug-likeness (QED) is 0.340. The first-order chi connectivity index (χ1) is 11.3. The van der Waals surface area contributed by atoms with Crippen LogP contribution in [0.3, 0.4) is 0 Å². The van der Waals surface area contributed by atoms with Gasteiger partial charge in [0.15, 0.2) is 0 Å². The zero-order valence-electron chi connectivity index (χ0n) is 15.3. The number of aryl methyl sites for hydroxylation is 1. The van der Waals surface area contributed by atoms with Crippen molar-refractivity contribution in [2.45, 2.75) is 110 Å². The molecule has 1 rings (SSSR count). The zero-order chi connectivity index (χ0) is 16.6. The van der Waals surface area contributed by atoms with Crippen LogP contribution in [0.4, 0.5) is 0 Å². The van der Waals surface area contributed by atoms with Gasteiger partial charge < -0.3 is 10.1 Å². The fourth-order valence-corrected chi connectivity index (χ4v) is 3.15. The zero-order valence-corrected chi connectivity index (χ0v) is 15.3. The molecule has 0 aromatic carbocycles. The van der Waals surface area contributed by atoms with Crippen LogP contribution in [0.1, 0.15) is 109 Å². The number of unbranched alkanes of at least 4 members (excludes halogenated alkanes) is 14. The molecule has 134 valence electrons. The fourth-order valence-electron chi connectivity index (χ4n) is 3.15. The number of hydrogen-bond donors (Lipinski definition) is 2. The van der Waals surface area contributed by atoms with Crippen LogP contribution in [0.25, 0.3) is 0 Å². The molecule has 23 heavy (non-hydrogen) atoms. The lowest BCUT2D eigenvalue weighted by Gasteiger charge is -2.03. The molecule has 1 aromatic rings. The highest BCUT2D eigenvalue weighted by molar-refractivity contribution is 5.03. The molecule has 0 atom stereocenters. The largest absolute Gasteiger partial charge is 0.480 e. The number of imidazole rings is 1. The van der Waals surface area contributed by atoms with Crippen LogP contribution in [0.2, 0.25) is 0 Å². The number of nitrogens with one attached hydrogen (secondary N) is 1. The topological polar surface area (TPSA) is 48.9 Å². The van der Waals surface area contributed by atoms with Gasteiger partial charge in [0.2, 0.25) is 0 Å². The van der Waals surface area contributed by atoms with Gasteiger partial charge in [0.1, 0.15) is 0 Å². The van der Waals surface area contributed by atoms with Gasteiger partial charge in [0, 0.05) is 6.20 Å². The van der Waals surface area contributed by atoms with Crippen LogP contribution in [0.15, 0.2) is 6.20 Å². The maximum absolute atomic E-state index is 9.11. The van der Waals surface area contributed by atoms with Gasteiger partial charge in [-0.1, -0.05) is 96.8 Å². The Kier molecular flexibility index (Phi) is 12.7. The number of H-pyrrole nitrogens is 1. The lowest BCUT2D eigenvalue weighted by atomic mass is 10.0. The van der Waals surface area contributed by atoms with Crippen molar-refractivity contribution >= 4 is 0 Å². The van der Waals surface area contributed by atoms with E-state index in [9.17, 15) is 0 Å². The minimum Gasteiger partial charge on any atom is -0.480 e. The van der Waals surface area contributed by atoms with E-state index in [2.05, 4.69) is 16.9 Å². The third-order valence-corrected chi connectivity index (χ3v) is 4.65. The van der Waals surface area contributed by atoms with Crippen molar-refractivity contribution in [2.75, 3.05) is 0 Å². The fraction of sp³-hybridized carbons (Fsp3) is 0.850. The maximum atomic E-state index is 9.11. The van der Waals surface area contributed by atoms with Crippen molar-refractivity contribution in [1.82, 2.24) is 9.97 Å².